The maximum atomic E-state index is 12.9. The number of ketones is 1. The minimum Gasteiger partial charge on any atom is -0.292 e. The summed E-state index contributed by atoms with van der Waals surface area (Å²) in [5.74, 6) is 0.160. The van der Waals surface area contributed by atoms with Crippen LogP contribution in [0.1, 0.15) is 28.4 Å². The first-order valence-electron chi connectivity index (χ1n) is 8.65. The van der Waals surface area contributed by atoms with Gasteiger partial charge in [0.05, 0.1) is 6.04 Å². The zero-order chi connectivity index (χ0) is 17.5. The molecule has 0 spiro atoms. The first-order valence-corrected chi connectivity index (χ1v) is 8.65. The molecule has 3 aromatic rings. The fraction of sp³-hybridized carbons (Fsp3) is 0.174. The van der Waals surface area contributed by atoms with Gasteiger partial charge in [0.2, 0.25) is 0 Å². The zero-order valence-electron chi connectivity index (χ0n) is 14.5. The second-order valence-corrected chi connectivity index (χ2v) is 6.28. The van der Waals surface area contributed by atoms with Crippen molar-refractivity contribution in [2.75, 3.05) is 0 Å². The summed E-state index contributed by atoms with van der Waals surface area (Å²) >= 11 is 0. The lowest BCUT2D eigenvalue weighted by Gasteiger charge is -2.28. The molecule has 0 aliphatic carbocycles. The molecule has 1 atom stereocenters. The average Bonchev–Trinajstić information content (AvgIpc) is 2.68. The molecular weight excluding hydrogens is 306 g/mol. The number of carbonyl (C=O) groups excluding carboxylic acids is 1. The smallest absolute Gasteiger partial charge is 0.179 e. The summed E-state index contributed by atoms with van der Waals surface area (Å²) in [6.45, 7) is 3.49. The van der Waals surface area contributed by atoms with E-state index in [9.17, 15) is 4.79 Å². The van der Waals surface area contributed by atoms with Crippen LogP contribution in [-0.2, 0) is 13.1 Å². The summed E-state index contributed by atoms with van der Waals surface area (Å²) in [7, 11) is 0. The summed E-state index contributed by atoms with van der Waals surface area (Å²) in [6.07, 6.45) is 0. The number of Topliss-reactive ketones (excluding diaryl/α,β-unsaturated/α-hetero) is 1. The molecule has 0 aromatic heterocycles. The van der Waals surface area contributed by atoms with Gasteiger partial charge in [-0.3, -0.25) is 9.69 Å². The molecular formula is C23H23NO. The van der Waals surface area contributed by atoms with Gasteiger partial charge in [0, 0.05) is 18.7 Å². The molecule has 25 heavy (non-hydrogen) atoms. The Hall–Kier alpha value is -2.71. The summed E-state index contributed by atoms with van der Waals surface area (Å²) in [5.41, 5.74) is 3.19. The maximum absolute atomic E-state index is 12.9. The van der Waals surface area contributed by atoms with Crippen molar-refractivity contribution >= 4 is 5.78 Å². The van der Waals surface area contributed by atoms with E-state index in [1.165, 1.54) is 11.1 Å². The number of carbonyl (C=O) groups is 1. The molecule has 0 unspecified atom stereocenters. The molecule has 0 heterocycles. The normalized spacial score (nSPS) is 12.1. The molecule has 0 bridgehead atoms. The van der Waals surface area contributed by atoms with Gasteiger partial charge >= 0.3 is 0 Å². The average molecular weight is 329 g/mol. The molecule has 0 amide bonds. The van der Waals surface area contributed by atoms with Gasteiger partial charge in [-0.2, -0.15) is 0 Å². The minimum atomic E-state index is -0.192. The van der Waals surface area contributed by atoms with Crippen LogP contribution in [0.25, 0.3) is 0 Å². The monoisotopic (exact) mass is 329 g/mol. The largest absolute Gasteiger partial charge is 0.292 e. The first-order chi connectivity index (χ1) is 12.2. The van der Waals surface area contributed by atoms with E-state index in [2.05, 4.69) is 29.2 Å². The lowest BCUT2D eigenvalue weighted by atomic mass is 10.0. The van der Waals surface area contributed by atoms with E-state index < -0.39 is 0 Å². The molecule has 2 nitrogen and oxygen atoms in total. The molecule has 2 heteroatoms. The number of nitrogens with zero attached hydrogens (tertiary/aromatic N) is 1. The van der Waals surface area contributed by atoms with Crippen LogP contribution in [0.3, 0.4) is 0 Å². The second kappa shape index (κ2) is 8.41. The van der Waals surface area contributed by atoms with Crippen molar-refractivity contribution in [1.29, 1.82) is 0 Å². The lowest BCUT2D eigenvalue weighted by Crippen LogP contribution is -2.38. The fourth-order valence-corrected chi connectivity index (χ4v) is 2.98. The number of hydrogen-bond acceptors (Lipinski definition) is 2. The van der Waals surface area contributed by atoms with E-state index in [0.29, 0.717) is 0 Å². The Kier molecular flexibility index (Phi) is 5.76. The lowest BCUT2D eigenvalue weighted by molar-refractivity contribution is 0.0816. The number of hydrogen-bond donors (Lipinski definition) is 0. The highest BCUT2D eigenvalue weighted by atomic mass is 16.1. The van der Waals surface area contributed by atoms with Gasteiger partial charge in [0.1, 0.15) is 0 Å². The Labute approximate surface area is 149 Å². The van der Waals surface area contributed by atoms with E-state index in [4.69, 9.17) is 0 Å². The minimum absolute atomic E-state index is 0.160. The van der Waals surface area contributed by atoms with Gasteiger partial charge in [0.25, 0.3) is 0 Å². The third kappa shape index (κ3) is 4.65. The molecule has 0 aliphatic rings. The van der Waals surface area contributed by atoms with Gasteiger partial charge in [-0.05, 0) is 18.1 Å². The highest BCUT2D eigenvalue weighted by Crippen LogP contribution is 2.16. The van der Waals surface area contributed by atoms with Crippen molar-refractivity contribution < 1.29 is 4.79 Å². The number of rotatable bonds is 7. The van der Waals surface area contributed by atoms with E-state index >= 15 is 0 Å². The summed E-state index contributed by atoms with van der Waals surface area (Å²) < 4.78 is 0. The van der Waals surface area contributed by atoms with Gasteiger partial charge in [0.15, 0.2) is 5.78 Å². The van der Waals surface area contributed by atoms with Crippen molar-refractivity contribution in [2.45, 2.75) is 26.1 Å². The quantitative estimate of drug-likeness (QED) is 0.571. The molecule has 3 aromatic carbocycles. The van der Waals surface area contributed by atoms with Crippen molar-refractivity contribution in [3.63, 3.8) is 0 Å². The highest BCUT2D eigenvalue weighted by molar-refractivity contribution is 5.99. The Morgan fingerprint density at radius 1 is 0.720 bits per heavy atom. The van der Waals surface area contributed by atoms with E-state index in [0.717, 1.165) is 18.7 Å². The van der Waals surface area contributed by atoms with Crippen LogP contribution in [0.5, 0.6) is 0 Å². The molecule has 0 saturated carbocycles. The molecule has 0 saturated heterocycles. The fourth-order valence-electron chi connectivity index (χ4n) is 2.98. The van der Waals surface area contributed by atoms with Crippen LogP contribution in [0.15, 0.2) is 91.0 Å². The van der Waals surface area contributed by atoms with Crippen LogP contribution in [0.2, 0.25) is 0 Å². The zero-order valence-corrected chi connectivity index (χ0v) is 14.5. The molecule has 3 rings (SSSR count). The Morgan fingerprint density at radius 2 is 1.12 bits per heavy atom. The molecule has 0 radical (unpaired) electrons. The van der Waals surface area contributed by atoms with Gasteiger partial charge < -0.3 is 0 Å². The van der Waals surface area contributed by atoms with Crippen LogP contribution in [0, 0.1) is 0 Å². The second-order valence-electron chi connectivity index (χ2n) is 6.28. The highest BCUT2D eigenvalue weighted by Gasteiger charge is 2.22. The summed E-state index contributed by atoms with van der Waals surface area (Å²) in [5, 5.41) is 0. The molecule has 0 N–H and O–H groups in total. The molecule has 126 valence electrons. The van der Waals surface area contributed by atoms with Crippen molar-refractivity contribution in [1.82, 2.24) is 4.90 Å². The predicted octanol–water partition coefficient (Wildman–Crippen LogP) is 4.96. The number of benzene rings is 3. The first kappa shape index (κ1) is 17.1. The van der Waals surface area contributed by atoms with E-state index in [1.807, 2.05) is 73.7 Å². The SMILES string of the molecule is C[C@@H](C(=O)c1ccccc1)N(Cc1ccccc1)Cc1ccccc1. The van der Waals surface area contributed by atoms with E-state index in [1.54, 1.807) is 0 Å². The van der Waals surface area contributed by atoms with Crippen molar-refractivity contribution in [2.24, 2.45) is 0 Å². The van der Waals surface area contributed by atoms with Crippen LogP contribution >= 0.6 is 0 Å². The van der Waals surface area contributed by atoms with Gasteiger partial charge in [-0.15, -0.1) is 0 Å². The Balaban J connectivity index is 1.83. The topological polar surface area (TPSA) is 20.3 Å². The van der Waals surface area contributed by atoms with Crippen LogP contribution < -0.4 is 0 Å². The third-order valence-electron chi connectivity index (χ3n) is 4.44. The van der Waals surface area contributed by atoms with Gasteiger partial charge in [-0.25, -0.2) is 0 Å². The van der Waals surface area contributed by atoms with Crippen molar-refractivity contribution in [3.05, 3.63) is 108 Å². The standard InChI is InChI=1S/C23H23NO/c1-19(23(25)22-15-9-4-10-16-22)24(17-20-11-5-2-6-12-20)18-21-13-7-3-8-14-21/h2-16,19H,17-18H2,1H3/t19-/m0/s1. The summed E-state index contributed by atoms with van der Waals surface area (Å²) in [4.78, 5) is 15.2. The van der Waals surface area contributed by atoms with Crippen molar-refractivity contribution in [3.8, 4) is 0 Å². The Bertz CT molecular complexity index is 743. The van der Waals surface area contributed by atoms with Crippen LogP contribution in [0.4, 0.5) is 0 Å². The van der Waals surface area contributed by atoms with Gasteiger partial charge in [-0.1, -0.05) is 91.0 Å². The third-order valence-corrected chi connectivity index (χ3v) is 4.44. The molecule has 0 fully saturated rings. The molecule has 0 aliphatic heterocycles. The van der Waals surface area contributed by atoms with Crippen LogP contribution in [-0.4, -0.2) is 16.7 Å². The predicted molar refractivity (Wildman–Crippen MR) is 102 cm³/mol. The Morgan fingerprint density at radius 3 is 1.56 bits per heavy atom. The maximum Gasteiger partial charge on any atom is 0.179 e. The summed E-state index contributed by atoms with van der Waals surface area (Å²) in [6, 6.07) is 30.0. The van der Waals surface area contributed by atoms with E-state index in [-0.39, 0.29) is 11.8 Å².